The van der Waals surface area contributed by atoms with Crippen molar-refractivity contribution in [1.82, 2.24) is 0 Å². The maximum atomic E-state index is 12.8. The summed E-state index contributed by atoms with van der Waals surface area (Å²) in [5.41, 5.74) is 4.93. The van der Waals surface area contributed by atoms with Crippen LogP contribution in [-0.4, -0.2) is 18.5 Å². The molecule has 0 saturated carbocycles. The summed E-state index contributed by atoms with van der Waals surface area (Å²) in [4.78, 5) is 23.5. The number of nitrogens with one attached hydrogen (secondary N) is 1. The Kier molecular flexibility index (Phi) is 5.53. The highest BCUT2D eigenvalue weighted by Crippen LogP contribution is 2.36. The van der Waals surface area contributed by atoms with Crippen molar-refractivity contribution in [1.29, 1.82) is 0 Å². The first-order valence-corrected chi connectivity index (χ1v) is 7.24. The van der Waals surface area contributed by atoms with Crippen LogP contribution in [0.4, 0.5) is 24.5 Å². The van der Waals surface area contributed by atoms with Gasteiger partial charge in [-0.05, 0) is 42.5 Å². The minimum absolute atomic E-state index is 0.120. The van der Waals surface area contributed by atoms with E-state index >= 15 is 0 Å². The summed E-state index contributed by atoms with van der Waals surface area (Å²) in [5.74, 6) is -1.55. The van der Waals surface area contributed by atoms with Gasteiger partial charge in [-0.3, -0.25) is 4.79 Å². The standard InChI is InChI=1S/C16H12ClF3N2O3/c17-13-6-5-11(7-12(13)16(18,19)20)22-14(23)8-25-15(24)9-1-3-10(21)4-2-9/h1-7H,8,21H2,(H,22,23). The molecule has 0 aliphatic carbocycles. The van der Waals surface area contributed by atoms with Gasteiger partial charge in [-0.15, -0.1) is 0 Å². The smallest absolute Gasteiger partial charge is 0.417 e. The molecule has 0 aromatic heterocycles. The topological polar surface area (TPSA) is 81.4 Å². The van der Waals surface area contributed by atoms with Crippen LogP contribution in [0.3, 0.4) is 0 Å². The van der Waals surface area contributed by atoms with Crippen LogP contribution in [0.2, 0.25) is 5.02 Å². The lowest BCUT2D eigenvalue weighted by Gasteiger charge is -2.12. The Morgan fingerprint density at radius 1 is 1.12 bits per heavy atom. The third-order valence-electron chi connectivity index (χ3n) is 3.04. The molecule has 0 saturated heterocycles. The molecular weight excluding hydrogens is 361 g/mol. The third-order valence-corrected chi connectivity index (χ3v) is 3.37. The van der Waals surface area contributed by atoms with Gasteiger partial charge >= 0.3 is 12.1 Å². The van der Waals surface area contributed by atoms with Gasteiger partial charge in [-0.25, -0.2) is 4.79 Å². The number of esters is 1. The maximum absolute atomic E-state index is 12.8. The van der Waals surface area contributed by atoms with Crippen molar-refractivity contribution in [2.45, 2.75) is 6.18 Å². The summed E-state index contributed by atoms with van der Waals surface area (Å²) in [6.45, 7) is -0.660. The van der Waals surface area contributed by atoms with E-state index in [9.17, 15) is 22.8 Å². The Hall–Kier alpha value is -2.74. The average molecular weight is 373 g/mol. The number of carbonyl (C=O) groups is 2. The predicted octanol–water partition coefficient (Wildman–Crippen LogP) is 3.74. The highest BCUT2D eigenvalue weighted by molar-refractivity contribution is 6.31. The zero-order valence-corrected chi connectivity index (χ0v) is 13.3. The van der Waals surface area contributed by atoms with Crippen LogP contribution >= 0.6 is 11.6 Å². The molecule has 25 heavy (non-hydrogen) atoms. The maximum Gasteiger partial charge on any atom is 0.417 e. The zero-order valence-electron chi connectivity index (χ0n) is 12.6. The van der Waals surface area contributed by atoms with E-state index in [-0.39, 0.29) is 11.3 Å². The second-order valence-corrected chi connectivity index (χ2v) is 5.35. The number of nitrogens with two attached hydrogens (primary N) is 1. The molecule has 0 fully saturated rings. The van der Waals surface area contributed by atoms with Crippen LogP contribution in [0.1, 0.15) is 15.9 Å². The zero-order chi connectivity index (χ0) is 18.6. The summed E-state index contributed by atoms with van der Waals surface area (Å²) in [5, 5.41) is 1.72. The number of anilines is 2. The average Bonchev–Trinajstić information content (AvgIpc) is 2.54. The van der Waals surface area contributed by atoms with E-state index in [1.165, 1.54) is 30.3 Å². The van der Waals surface area contributed by atoms with Gasteiger partial charge in [-0.2, -0.15) is 13.2 Å². The second-order valence-electron chi connectivity index (χ2n) is 4.94. The van der Waals surface area contributed by atoms with E-state index in [0.717, 1.165) is 6.07 Å². The van der Waals surface area contributed by atoms with Crippen LogP contribution in [0, 0.1) is 0 Å². The van der Waals surface area contributed by atoms with Crippen molar-refractivity contribution in [3.63, 3.8) is 0 Å². The number of ether oxygens (including phenoxy) is 1. The second kappa shape index (κ2) is 7.43. The number of carbonyl (C=O) groups excluding carboxylic acids is 2. The first-order valence-electron chi connectivity index (χ1n) is 6.86. The van der Waals surface area contributed by atoms with Crippen LogP contribution in [0.5, 0.6) is 0 Å². The molecule has 0 radical (unpaired) electrons. The monoisotopic (exact) mass is 372 g/mol. The number of rotatable bonds is 4. The fourth-order valence-corrected chi connectivity index (χ4v) is 2.08. The summed E-state index contributed by atoms with van der Waals surface area (Å²) >= 11 is 5.49. The molecule has 0 heterocycles. The molecule has 0 aliphatic rings. The summed E-state index contributed by atoms with van der Waals surface area (Å²) in [6, 6.07) is 8.74. The van der Waals surface area contributed by atoms with E-state index in [2.05, 4.69) is 5.32 Å². The number of hydrogen-bond acceptors (Lipinski definition) is 4. The summed E-state index contributed by atoms with van der Waals surface area (Å²) < 4.78 is 43.1. The summed E-state index contributed by atoms with van der Waals surface area (Å²) in [6.07, 6.45) is -4.65. The molecule has 2 rings (SSSR count). The molecule has 0 bridgehead atoms. The fraction of sp³-hybridized carbons (Fsp3) is 0.125. The van der Waals surface area contributed by atoms with Crippen LogP contribution in [-0.2, 0) is 15.7 Å². The van der Waals surface area contributed by atoms with Crippen molar-refractivity contribution in [3.05, 3.63) is 58.6 Å². The number of halogens is 4. The molecule has 3 N–H and O–H groups in total. The first-order chi connectivity index (χ1) is 11.7. The predicted molar refractivity (Wildman–Crippen MR) is 86.2 cm³/mol. The molecule has 0 aliphatic heterocycles. The van der Waals surface area contributed by atoms with Crippen molar-refractivity contribution in [2.75, 3.05) is 17.7 Å². The minimum atomic E-state index is -4.65. The van der Waals surface area contributed by atoms with E-state index in [0.29, 0.717) is 11.8 Å². The molecule has 9 heteroatoms. The number of hydrogen-bond donors (Lipinski definition) is 2. The molecule has 2 aromatic carbocycles. The lowest BCUT2D eigenvalue weighted by atomic mass is 10.2. The Balaban J connectivity index is 1.96. The number of nitrogen functional groups attached to an aromatic ring is 1. The molecule has 2 aromatic rings. The van der Waals surface area contributed by atoms with Gasteiger partial charge < -0.3 is 15.8 Å². The highest BCUT2D eigenvalue weighted by Gasteiger charge is 2.33. The van der Waals surface area contributed by atoms with Gasteiger partial charge in [0.15, 0.2) is 6.61 Å². The lowest BCUT2D eigenvalue weighted by Crippen LogP contribution is -2.21. The third kappa shape index (κ3) is 5.12. The van der Waals surface area contributed by atoms with E-state index in [4.69, 9.17) is 22.1 Å². The Morgan fingerprint density at radius 2 is 1.76 bits per heavy atom. The van der Waals surface area contributed by atoms with E-state index in [1.807, 2.05) is 0 Å². The Labute approximate surface area is 145 Å². The van der Waals surface area contributed by atoms with Gasteiger partial charge in [-0.1, -0.05) is 11.6 Å². The first kappa shape index (κ1) is 18.6. The van der Waals surface area contributed by atoms with Gasteiger partial charge in [0.05, 0.1) is 16.1 Å². The van der Waals surface area contributed by atoms with E-state index < -0.39 is 35.2 Å². The van der Waals surface area contributed by atoms with E-state index in [1.54, 1.807) is 0 Å². The van der Waals surface area contributed by atoms with Crippen molar-refractivity contribution < 1.29 is 27.5 Å². The number of amides is 1. The number of benzene rings is 2. The van der Waals surface area contributed by atoms with Gasteiger partial charge in [0.25, 0.3) is 5.91 Å². The van der Waals surface area contributed by atoms with Crippen molar-refractivity contribution in [3.8, 4) is 0 Å². The number of alkyl halides is 3. The minimum Gasteiger partial charge on any atom is -0.452 e. The highest BCUT2D eigenvalue weighted by atomic mass is 35.5. The Morgan fingerprint density at radius 3 is 2.36 bits per heavy atom. The fourth-order valence-electron chi connectivity index (χ4n) is 1.85. The molecule has 0 spiro atoms. The molecule has 5 nitrogen and oxygen atoms in total. The molecule has 132 valence electrons. The Bertz CT molecular complexity index is 792. The summed E-state index contributed by atoms with van der Waals surface area (Å²) in [7, 11) is 0. The van der Waals surface area contributed by atoms with Gasteiger partial charge in [0, 0.05) is 11.4 Å². The molecule has 0 atom stereocenters. The van der Waals surface area contributed by atoms with Crippen molar-refractivity contribution >= 4 is 34.9 Å². The van der Waals surface area contributed by atoms with Gasteiger partial charge in [0.2, 0.25) is 0 Å². The molecule has 0 unspecified atom stereocenters. The van der Waals surface area contributed by atoms with Crippen LogP contribution in [0.15, 0.2) is 42.5 Å². The van der Waals surface area contributed by atoms with Crippen LogP contribution < -0.4 is 11.1 Å². The lowest BCUT2D eigenvalue weighted by molar-refractivity contribution is -0.137. The quantitative estimate of drug-likeness (QED) is 0.633. The SMILES string of the molecule is Nc1ccc(C(=O)OCC(=O)Nc2ccc(Cl)c(C(F)(F)F)c2)cc1. The molecular formula is C16H12ClF3N2O3. The van der Waals surface area contributed by atoms with Crippen molar-refractivity contribution in [2.24, 2.45) is 0 Å². The van der Waals surface area contributed by atoms with Crippen LogP contribution in [0.25, 0.3) is 0 Å². The normalized spacial score (nSPS) is 11.0. The largest absolute Gasteiger partial charge is 0.452 e. The molecule has 1 amide bonds. The van der Waals surface area contributed by atoms with Gasteiger partial charge in [0.1, 0.15) is 0 Å².